The van der Waals surface area contributed by atoms with Gasteiger partial charge in [0.15, 0.2) is 0 Å². The number of fused-ring (bicyclic) bond motifs is 1. The molecule has 3 rings (SSSR count). The lowest BCUT2D eigenvalue weighted by Crippen LogP contribution is -2.53. The van der Waals surface area contributed by atoms with Gasteiger partial charge >= 0.3 is 0 Å². The molecule has 8 heteroatoms. The molecule has 1 aliphatic heterocycles. The Morgan fingerprint density at radius 1 is 1.43 bits per heavy atom. The van der Waals surface area contributed by atoms with Crippen LogP contribution in [0.2, 0.25) is 0 Å². The van der Waals surface area contributed by atoms with Crippen LogP contribution in [0.4, 0.5) is 5.69 Å². The lowest BCUT2D eigenvalue weighted by Gasteiger charge is -2.29. The quantitative estimate of drug-likeness (QED) is 0.782. The summed E-state index contributed by atoms with van der Waals surface area (Å²) in [5.74, 6) is -0.0947. The Morgan fingerprint density at radius 2 is 2.24 bits per heavy atom. The normalized spacial score (nSPS) is 21.2. The van der Waals surface area contributed by atoms with E-state index in [1.807, 2.05) is 25.1 Å². The number of aromatic amines is 1. The molecule has 1 aromatic heterocycles. The number of morpholine rings is 1. The monoisotopic (exact) mass is 332 g/mol. The first-order valence-electron chi connectivity index (χ1n) is 6.33. The van der Waals surface area contributed by atoms with Crippen molar-refractivity contribution >= 4 is 47.4 Å². The molecule has 1 aromatic carbocycles. The second-order valence-electron chi connectivity index (χ2n) is 4.60. The summed E-state index contributed by atoms with van der Waals surface area (Å²) >= 11 is 0. The second-order valence-corrected chi connectivity index (χ2v) is 4.60. The molecule has 0 saturated carbocycles. The number of carbonyl (C=O) groups excluding carboxylic acids is 1. The van der Waals surface area contributed by atoms with E-state index in [9.17, 15) is 4.79 Å². The summed E-state index contributed by atoms with van der Waals surface area (Å²) in [6.07, 6.45) is 1.48. The van der Waals surface area contributed by atoms with Crippen molar-refractivity contribution < 1.29 is 9.53 Å². The topological polar surface area (TPSA) is 79.0 Å². The molecule has 21 heavy (non-hydrogen) atoms. The molecule has 1 fully saturated rings. The van der Waals surface area contributed by atoms with Gasteiger partial charge in [-0.2, -0.15) is 0 Å². The number of benzene rings is 1. The van der Waals surface area contributed by atoms with Crippen molar-refractivity contribution in [3.63, 3.8) is 0 Å². The number of ether oxygens (including phenoxy) is 1. The van der Waals surface area contributed by atoms with E-state index in [4.69, 9.17) is 4.74 Å². The van der Waals surface area contributed by atoms with Crippen LogP contribution < -0.4 is 10.6 Å². The number of imidazole rings is 1. The third-order valence-electron chi connectivity index (χ3n) is 3.31. The van der Waals surface area contributed by atoms with Gasteiger partial charge in [-0.25, -0.2) is 4.98 Å². The van der Waals surface area contributed by atoms with Crippen LogP contribution in [-0.2, 0) is 9.53 Å². The standard InChI is InChI=1S/C13H16N4O2.2ClH/c1-8-11(14-5-6-19-8)13(18)17-10-4-2-3-9-12(10)16-7-15-9;;/h2-4,7-8,11,14H,5-6H2,1H3,(H,15,16)(H,17,18);2*1H/t8-,11+;;/m1../s1. The predicted molar refractivity (Wildman–Crippen MR) is 86.4 cm³/mol. The summed E-state index contributed by atoms with van der Waals surface area (Å²) in [5, 5.41) is 6.07. The summed E-state index contributed by atoms with van der Waals surface area (Å²) in [5.41, 5.74) is 2.38. The molecule has 0 unspecified atom stereocenters. The number of amides is 1. The van der Waals surface area contributed by atoms with Crippen LogP contribution in [-0.4, -0.2) is 41.2 Å². The molecule has 0 spiro atoms. The van der Waals surface area contributed by atoms with Gasteiger partial charge in [-0.15, -0.1) is 24.8 Å². The molecule has 0 radical (unpaired) electrons. The van der Waals surface area contributed by atoms with E-state index in [2.05, 4.69) is 20.6 Å². The van der Waals surface area contributed by atoms with Crippen LogP contribution in [0.5, 0.6) is 0 Å². The number of anilines is 1. The van der Waals surface area contributed by atoms with E-state index in [0.29, 0.717) is 18.8 Å². The number of nitrogens with zero attached hydrogens (tertiary/aromatic N) is 1. The fourth-order valence-electron chi connectivity index (χ4n) is 2.30. The predicted octanol–water partition coefficient (Wildman–Crippen LogP) is 1.72. The van der Waals surface area contributed by atoms with Gasteiger partial charge in [0.25, 0.3) is 0 Å². The number of nitrogens with one attached hydrogen (secondary N) is 3. The first kappa shape index (κ1) is 17.7. The van der Waals surface area contributed by atoms with Gasteiger partial charge < -0.3 is 20.4 Å². The molecule has 3 N–H and O–H groups in total. The van der Waals surface area contributed by atoms with Crippen LogP contribution in [0, 0.1) is 0 Å². The Balaban J connectivity index is 0.00000110. The van der Waals surface area contributed by atoms with Gasteiger partial charge in [0.05, 0.1) is 30.2 Å². The van der Waals surface area contributed by atoms with Gasteiger partial charge in [0.1, 0.15) is 11.6 Å². The highest BCUT2D eigenvalue weighted by Crippen LogP contribution is 2.20. The van der Waals surface area contributed by atoms with Crippen molar-refractivity contribution in [1.82, 2.24) is 15.3 Å². The summed E-state index contributed by atoms with van der Waals surface area (Å²) in [7, 11) is 0. The largest absolute Gasteiger partial charge is 0.375 e. The van der Waals surface area contributed by atoms with E-state index in [0.717, 1.165) is 11.0 Å². The van der Waals surface area contributed by atoms with Crippen molar-refractivity contribution in [2.45, 2.75) is 19.1 Å². The van der Waals surface area contributed by atoms with Crippen molar-refractivity contribution in [2.24, 2.45) is 0 Å². The first-order valence-corrected chi connectivity index (χ1v) is 6.33. The Kier molecular flexibility index (Phi) is 6.42. The number of carbonyl (C=O) groups is 1. The van der Waals surface area contributed by atoms with Crippen LogP contribution in [0.25, 0.3) is 11.0 Å². The van der Waals surface area contributed by atoms with E-state index < -0.39 is 0 Å². The summed E-state index contributed by atoms with van der Waals surface area (Å²) in [4.78, 5) is 19.5. The smallest absolute Gasteiger partial charge is 0.244 e. The zero-order valence-corrected chi connectivity index (χ0v) is 13.1. The number of hydrogen-bond donors (Lipinski definition) is 3. The molecule has 2 aromatic rings. The molecule has 6 nitrogen and oxygen atoms in total. The Bertz CT molecular complexity index is 605. The number of hydrogen-bond acceptors (Lipinski definition) is 4. The van der Waals surface area contributed by atoms with Gasteiger partial charge in [-0.05, 0) is 19.1 Å². The van der Waals surface area contributed by atoms with Crippen molar-refractivity contribution in [2.75, 3.05) is 18.5 Å². The summed E-state index contributed by atoms with van der Waals surface area (Å²) in [6, 6.07) is 5.31. The minimum atomic E-state index is -0.331. The fourth-order valence-corrected chi connectivity index (χ4v) is 2.30. The first-order chi connectivity index (χ1) is 9.25. The molecule has 1 saturated heterocycles. The van der Waals surface area contributed by atoms with E-state index in [-0.39, 0.29) is 42.9 Å². The molecule has 2 atom stereocenters. The third-order valence-corrected chi connectivity index (χ3v) is 3.31. The second kappa shape index (κ2) is 7.61. The fraction of sp³-hybridized carbons (Fsp3) is 0.385. The SMILES string of the molecule is C[C@H]1OCCN[C@@H]1C(=O)Nc1cccc2[nH]cnc12.Cl.Cl. The Labute approximate surface area is 134 Å². The Morgan fingerprint density at radius 3 is 3.00 bits per heavy atom. The molecule has 116 valence electrons. The molecule has 1 aliphatic rings. The number of H-pyrrole nitrogens is 1. The molecule has 1 amide bonds. The summed E-state index contributed by atoms with van der Waals surface area (Å²) < 4.78 is 5.48. The van der Waals surface area contributed by atoms with Crippen molar-refractivity contribution in [3.8, 4) is 0 Å². The third kappa shape index (κ3) is 3.65. The number of para-hydroxylation sites is 1. The lowest BCUT2D eigenvalue weighted by atomic mass is 10.1. The number of aromatic nitrogens is 2. The molecule has 0 bridgehead atoms. The van der Waals surface area contributed by atoms with Gasteiger partial charge in [0.2, 0.25) is 5.91 Å². The minimum Gasteiger partial charge on any atom is -0.375 e. The molecule has 2 heterocycles. The van der Waals surface area contributed by atoms with E-state index in [1.165, 1.54) is 0 Å². The van der Waals surface area contributed by atoms with Crippen LogP contribution in [0.15, 0.2) is 24.5 Å². The van der Waals surface area contributed by atoms with Crippen LogP contribution in [0.3, 0.4) is 0 Å². The maximum absolute atomic E-state index is 12.3. The highest BCUT2D eigenvalue weighted by atomic mass is 35.5. The molecule has 0 aliphatic carbocycles. The number of rotatable bonds is 2. The van der Waals surface area contributed by atoms with Crippen LogP contribution in [0.1, 0.15) is 6.92 Å². The highest BCUT2D eigenvalue weighted by Gasteiger charge is 2.28. The van der Waals surface area contributed by atoms with Crippen LogP contribution >= 0.6 is 24.8 Å². The van der Waals surface area contributed by atoms with Gasteiger partial charge in [-0.3, -0.25) is 4.79 Å². The maximum Gasteiger partial charge on any atom is 0.244 e. The summed E-state index contributed by atoms with van der Waals surface area (Å²) in [6.45, 7) is 3.22. The zero-order chi connectivity index (χ0) is 13.2. The van der Waals surface area contributed by atoms with Gasteiger partial charge in [0, 0.05) is 6.54 Å². The molecular weight excluding hydrogens is 315 g/mol. The van der Waals surface area contributed by atoms with Crippen molar-refractivity contribution in [1.29, 1.82) is 0 Å². The maximum atomic E-state index is 12.3. The Hall–Kier alpha value is -1.34. The average Bonchev–Trinajstić information content (AvgIpc) is 2.88. The lowest BCUT2D eigenvalue weighted by molar-refractivity contribution is -0.123. The van der Waals surface area contributed by atoms with Crippen molar-refractivity contribution in [3.05, 3.63) is 24.5 Å². The highest BCUT2D eigenvalue weighted by molar-refractivity contribution is 6.01. The zero-order valence-electron chi connectivity index (χ0n) is 11.5. The minimum absolute atomic E-state index is 0. The van der Waals surface area contributed by atoms with E-state index >= 15 is 0 Å². The van der Waals surface area contributed by atoms with Gasteiger partial charge in [-0.1, -0.05) is 6.07 Å². The average molecular weight is 333 g/mol. The van der Waals surface area contributed by atoms with E-state index in [1.54, 1.807) is 6.33 Å². The molecular formula is C13H18Cl2N4O2. The number of halogens is 2.